The SMILES string of the molecule is CCCC(C)(NC(=O)CCc1ccc(S(=O)(=O)N2CCCC2)cc1)C(=O)O. The largest absolute Gasteiger partial charge is 0.480 e. The normalized spacial score (nSPS) is 17.4. The lowest BCUT2D eigenvalue weighted by molar-refractivity contribution is -0.147. The Morgan fingerprint density at radius 2 is 1.78 bits per heavy atom. The number of nitrogens with zero attached hydrogens (tertiary/aromatic N) is 1. The molecule has 1 saturated heterocycles. The van der Waals surface area contributed by atoms with Crippen LogP contribution in [-0.4, -0.2) is 48.3 Å². The van der Waals surface area contributed by atoms with Gasteiger partial charge in [0, 0.05) is 19.5 Å². The predicted octanol–water partition coefficient (Wildman–Crippen LogP) is 2.16. The number of amides is 1. The highest BCUT2D eigenvalue weighted by Crippen LogP contribution is 2.21. The van der Waals surface area contributed by atoms with Crippen LogP contribution < -0.4 is 5.32 Å². The van der Waals surface area contributed by atoms with Gasteiger partial charge in [-0.25, -0.2) is 13.2 Å². The number of sulfonamides is 1. The Balaban J connectivity index is 1.95. The van der Waals surface area contributed by atoms with E-state index in [0.29, 0.717) is 32.4 Å². The average Bonchev–Trinajstić information content (AvgIpc) is 3.16. The van der Waals surface area contributed by atoms with Gasteiger partial charge in [0.15, 0.2) is 0 Å². The number of carboxylic acids is 1. The Bertz CT molecular complexity index is 770. The highest BCUT2D eigenvalue weighted by molar-refractivity contribution is 7.89. The highest BCUT2D eigenvalue weighted by atomic mass is 32.2. The van der Waals surface area contributed by atoms with Gasteiger partial charge in [0.1, 0.15) is 5.54 Å². The zero-order chi connectivity index (χ0) is 20.1. The molecule has 7 nitrogen and oxygen atoms in total. The molecule has 1 heterocycles. The summed E-state index contributed by atoms with van der Waals surface area (Å²) in [6, 6.07) is 6.55. The fourth-order valence-electron chi connectivity index (χ4n) is 3.26. The van der Waals surface area contributed by atoms with Crippen LogP contribution >= 0.6 is 0 Å². The van der Waals surface area contributed by atoms with Crippen molar-refractivity contribution in [1.29, 1.82) is 0 Å². The third kappa shape index (κ3) is 5.29. The zero-order valence-corrected chi connectivity index (χ0v) is 16.7. The summed E-state index contributed by atoms with van der Waals surface area (Å²) in [5.41, 5.74) is -0.433. The Kier molecular flexibility index (Phi) is 7.00. The van der Waals surface area contributed by atoms with Gasteiger partial charge in [0.05, 0.1) is 4.90 Å². The molecule has 1 aliphatic rings. The van der Waals surface area contributed by atoms with Crippen molar-refractivity contribution in [1.82, 2.24) is 9.62 Å². The number of aryl methyl sites for hydroxylation is 1. The summed E-state index contributed by atoms with van der Waals surface area (Å²) < 4.78 is 26.5. The van der Waals surface area contributed by atoms with Gasteiger partial charge in [0.2, 0.25) is 15.9 Å². The van der Waals surface area contributed by atoms with Crippen molar-refractivity contribution in [2.75, 3.05) is 13.1 Å². The second-order valence-corrected chi connectivity index (χ2v) is 9.13. The maximum atomic E-state index is 12.5. The van der Waals surface area contributed by atoms with E-state index >= 15 is 0 Å². The number of nitrogens with one attached hydrogen (secondary N) is 1. The fraction of sp³-hybridized carbons (Fsp3) is 0.579. The fourth-order valence-corrected chi connectivity index (χ4v) is 4.77. The van der Waals surface area contributed by atoms with Crippen molar-refractivity contribution < 1.29 is 23.1 Å². The van der Waals surface area contributed by atoms with Crippen LogP contribution in [0.15, 0.2) is 29.2 Å². The molecule has 0 spiro atoms. The molecule has 1 amide bonds. The van der Waals surface area contributed by atoms with Crippen LogP contribution in [0.25, 0.3) is 0 Å². The number of hydrogen-bond acceptors (Lipinski definition) is 4. The van der Waals surface area contributed by atoms with Crippen molar-refractivity contribution >= 4 is 21.9 Å². The molecular weight excluding hydrogens is 368 g/mol. The van der Waals surface area contributed by atoms with Crippen LogP contribution in [0.2, 0.25) is 0 Å². The molecule has 8 heteroatoms. The summed E-state index contributed by atoms with van der Waals surface area (Å²) in [6.07, 6.45) is 3.34. The maximum absolute atomic E-state index is 12.5. The van der Waals surface area contributed by atoms with E-state index in [2.05, 4.69) is 5.32 Å². The van der Waals surface area contributed by atoms with Gasteiger partial charge >= 0.3 is 5.97 Å². The predicted molar refractivity (Wildman–Crippen MR) is 102 cm³/mol. The van der Waals surface area contributed by atoms with Crippen molar-refractivity contribution in [2.24, 2.45) is 0 Å². The van der Waals surface area contributed by atoms with Gasteiger partial charge in [-0.15, -0.1) is 0 Å². The minimum atomic E-state index is -3.44. The molecule has 0 saturated carbocycles. The molecule has 150 valence electrons. The minimum Gasteiger partial charge on any atom is -0.480 e. The van der Waals surface area contributed by atoms with Crippen LogP contribution in [0.3, 0.4) is 0 Å². The van der Waals surface area contributed by atoms with E-state index in [1.165, 1.54) is 11.2 Å². The molecular formula is C19H28N2O5S. The molecule has 1 aromatic rings. The van der Waals surface area contributed by atoms with E-state index in [-0.39, 0.29) is 17.2 Å². The molecule has 27 heavy (non-hydrogen) atoms. The Morgan fingerprint density at radius 1 is 1.19 bits per heavy atom. The first kappa shape index (κ1) is 21.4. The lowest BCUT2D eigenvalue weighted by atomic mass is 9.96. The van der Waals surface area contributed by atoms with Crippen molar-refractivity contribution in [3.63, 3.8) is 0 Å². The van der Waals surface area contributed by atoms with E-state index in [0.717, 1.165) is 18.4 Å². The second-order valence-electron chi connectivity index (χ2n) is 7.19. The maximum Gasteiger partial charge on any atom is 0.329 e. The highest BCUT2D eigenvalue weighted by Gasteiger charge is 2.33. The first-order chi connectivity index (χ1) is 12.7. The number of aliphatic carboxylic acids is 1. The Morgan fingerprint density at radius 3 is 2.30 bits per heavy atom. The van der Waals surface area contributed by atoms with Gasteiger partial charge in [-0.3, -0.25) is 4.79 Å². The summed E-state index contributed by atoms with van der Waals surface area (Å²) in [5.74, 6) is -1.38. The molecule has 1 unspecified atom stereocenters. The lowest BCUT2D eigenvalue weighted by Crippen LogP contribution is -2.52. The Hall–Kier alpha value is -1.93. The van der Waals surface area contributed by atoms with Crippen LogP contribution in [0, 0.1) is 0 Å². The molecule has 2 rings (SSSR count). The average molecular weight is 397 g/mol. The van der Waals surface area contributed by atoms with Gasteiger partial charge in [-0.2, -0.15) is 4.31 Å². The standard InChI is InChI=1S/C19H28N2O5S/c1-3-12-19(2,18(23)24)20-17(22)11-8-15-6-9-16(10-7-15)27(25,26)21-13-4-5-14-21/h6-7,9-10H,3-5,8,11-14H2,1-2H3,(H,20,22)(H,23,24). The minimum absolute atomic E-state index is 0.144. The van der Waals surface area contributed by atoms with E-state index in [1.807, 2.05) is 6.92 Å². The second kappa shape index (κ2) is 8.84. The zero-order valence-electron chi connectivity index (χ0n) is 15.9. The van der Waals surface area contributed by atoms with E-state index in [9.17, 15) is 23.1 Å². The van der Waals surface area contributed by atoms with Crippen molar-refractivity contribution in [3.05, 3.63) is 29.8 Å². The van der Waals surface area contributed by atoms with Crippen LogP contribution in [0.4, 0.5) is 0 Å². The van der Waals surface area contributed by atoms with E-state index in [4.69, 9.17) is 0 Å². The smallest absolute Gasteiger partial charge is 0.329 e. The van der Waals surface area contributed by atoms with E-state index in [1.54, 1.807) is 24.3 Å². The van der Waals surface area contributed by atoms with Crippen LogP contribution in [0.5, 0.6) is 0 Å². The van der Waals surface area contributed by atoms with Crippen molar-refractivity contribution in [2.45, 2.75) is 62.8 Å². The summed E-state index contributed by atoms with van der Waals surface area (Å²) in [4.78, 5) is 23.8. The summed E-state index contributed by atoms with van der Waals surface area (Å²) >= 11 is 0. The Labute approximate surface area is 160 Å². The summed E-state index contributed by atoms with van der Waals surface area (Å²) in [7, 11) is -3.44. The van der Waals surface area contributed by atoms with Crippen molar-refractivity contribution in [3.8, 4) is 0 Å². The summed E-state index contributed by atoms with van der Waals surface area (Å²) in [6.45, 7) is 4.49. The third-order valence-corrected chi connectivity index (χ3v) is 6.82. The molecule has 1 atom stereocenters. The molecule has 0 bridgehead atoms. The monoisotopic (exact) mass is 396 g/mol. The molecule has 1 fully saturated rings. The van der Waals surface area contributed by atoms with Crippen LogP contribution in [0.1, 0.15) is 51.5 Å². The number of carbonyl (C=O) groups excluding carboxylic acids is 1. The summed E-state index contributed by atoms with van der Waals surface area (Å²) in [5, 5.41) is 11.9. The number of carbonyl (C=O) groups is 2. The van der Waals surface area contributed by atoms with Crippen LogP contribution in [-0.2, 0) is 26.0 Å². The van der Waals surface area contributed by atoms with Gasteiger partial charge in [0.25, 0.3) is 0 Å². The number of rotatable bonds is 9. The van der Waals surface area contributed by atoms with E-state index < -0.39 is 21.5 Å². The van der Waals surface area contributed by atoms with Gasteiger partial charge < -0.3 is 10.4 Å². The topological polar surface area (TPSA) is 104 Å². The van der Waals surface area contributed by atoms with Gasteiger partial charge in [-0.05, 0) is 50.3 Å². The molecule has 1 aliphatic heterocycles. The first-order valence-corrected chi connectivity index (χ1v) is 10.8. The lowest BCUT2D eigenvalue weighted by Gasteiger charge is -2.25. The number of benzene rings is 1. The molecule has 0 aromatic heterocycles. The molecule has 1 aromatic carbocycles. The molecule has 2 N–H and O–H groups in total. The quantitative estimate of drug-likeness (QED) is 0.666. The first-order valence-electron chi connectivity index (χ1n) is 9.32. The number of hydrogen-bond donors (Lipinski definition) is 2. The molecule has 0 aliphatic carbocycles. The van der Waals surface area contributed by atoms with Gasteiger partial charge in [-0.1, -0.05) is 25.5 Å². The molecule has 0 radical (unpaired) electrons. The number of carboxylic acid groups (broad SMARTS) is 1. The third-order valence-electron chi connectivity index (χ3n) is 4.90.